The molecule has 0 saturated carbocycles. The van der Waals surface area contributed by atoms with Crippen LogP contribution in [-0.2, 0) is 6.54 Å². The lowest BCUT2D eigenvalue weighted by molar-refractivity contribution is 0.765. The molecule has 2 rings (SSSR count). The van der Waals surface area contributed by atoms with Crippen molar-refractivity contribution in [2.24, 2.45) is 0 Å². The largest absolute Gasteiger partial charge is 0.360 e. The molecule has 2 aromatic heterocycles. The Morgan fingerprint density at radius 2 is 2.40 bits per heavy atom. The zero-order valence-electron chi connectivity index (χ0n) is 8.14. The molecule has 0 fully saturated rings. The molecule has 0 atom stereocenters. The van der Waals surface area contributed by atoms with E-state index in [0.717, 1.165) is 16.7 Å². The Morgan fingerprint density at radius 1 is 1.53 bits per heavy atom. The molecule has 0 aliphatic heterocycles. The van der Waals surface area contributed by atoms with Crippen LogP contribution in [0.4, 0.5) is 5.13 Å². The second-order valence-corrected chi connectivity index (χ2v) is 4.75. The van der Waals surface area contributed by atoms with Crippen molar-refractivity contribution >= 4 is 27.8 Å². The Balaban J connectivity index is 2.11. The molecule has 0 unspecified atom stereocenters. The molecule has 0 aliphatic carbocycles. The van der Waals surface area contributed by atoms with Gasteiger partial charge >= 0.3 is 4.87 Å². The summed E-state index contributed by atoms with van der Waals surface area (Å²) in [6.07, 6.45) is 1.77. The number of thiazole rings is 1. The molecule has 0 saturated heterocycles. The average molecular weight is 242 g/mol. The third-order valence-corrected chi connectivity index (χ3v) is 3.30. The number of aromatic nitrogens is 3. The van der Waals surface area contributed by atoms with Gasteiger partial charge in [0.05, 0.1) is 6.54 Å². The Labute approximate surface area is 94.4 Å². The summed E-state index contributed by atoms with van der Waals surface area (Å²) in [5.74, 6) is 0. The second-order valence-electron chi connectivity index (χ2n) is 2.83. The smallest absolute Gasteiger partial charge is 0.307 e. The molecule has 0 spiro atoms. The van der Waals surface area contributed by atoms with Crippen molar-refractivity contribution in [1.29, 1.82) is 0 Å². The number of rotatable bonds is 4. The van der Waals surface area contributed by atoms with Crippen LogP contribution >= 0.6 is 22.7 Å². The molecule has 15 heavy (non-hydrogen) atoms. The van der Waals surface area contributed by atoms with Crippen molar-refractivity contribution in [3.63, 3.8) is 0 Å². The van der Waals surface area contributed by atoms with Crippen LogP contribution in [0.15, 0.2) is 16.4 Å². The molecular formula is C8H10N4OS2. The molecule has 80 valence electrons. The summed E-state index contributed by atoms with van der Waals surface area (Å²) in [6.45, 7) is 3.34. The second kappa shape index (κ2) is 4.54. The fraction of sp³-hybridized carbons (Fsp3) is 0.375. The summed E-state index contributed by atoms with van der Waals surface area (Å²) < 4.78 is 1.63. The maximum atomic E-state index is 11.3. The van der Waals surface area contributed by atoms with Crippen molar-refractivity contribution in [3.05, 3.63) is 26.3 Å². The monoisotopic (exact) mass is 242 g/mol. The van der Waals surface area contributed by atoms with E-state index in [1.54, 1.807) is 16.1 Å². The van der Waals surface area contributed by atoms with Crippen LogP contribution in [0.5, 0.6) is 0 Å². The standard InChI is InChI=1S/C8H10N4OS2/c1-2-9-7-11-10-6(15-7)5-12-3-4-14-8(12)13/h3-4H,2,5H2,1H3,(H,9,11). The Kier molecular flexibility index (Phi) is 3.12. The molecule has 0 aromatic carbocycles. The maximum absolute atomic E-state index is 11.3. The maximum Gasteiger partial charge on any atom is 0.307 e. The van der Waals surface area contributed by atoms with Crippen LogP contribution in [0.2, 0.25) is 0 Å². The highest BCUT2D eigenvalue weighted by molar-refractivity contribution is 7.15. The molecular weight excluding hydrogens is 232 g/mol. The highest BCUT2D eigenvalue weighted by Gasteiger charge is 2.05. The van der Waals surface area contributed by atoms with Gasteiger partial charge in [-0.15, -0.1) is 10.2 Å². The van der Waals surface area contributed by atoms with Crippen LogP contribution in [0, 0.1) is 0 Å². The Hall–Kier alpha value is -1.21. The minimum Gasteiger partial charge on any atom is -0.360 e. The summed E-state index contributed by atoms with van der Waals surface area (Å²) in [5, 5.41) is 14.5. The van der Waals surface area contributed by atoms with Gasteiger partial charge in [0.2, 0.25) is 5.13 Å². The predicted molar refractivity (Wildman–Crippen MR) is 61.8 cm³/mol. The quantitative estimate of drug-likeness (QED) is 0.876. The van der Waals surface area contributed by atoms with Gasteiger partial charge in [0.1, 0.15) is 5.01 Å². The molecule has 7 heteroatoms. The number of anilines is 1. The van der Waals surface area contributed by atoms with Gasteiger partial charge in [-0.1, -0.05) is 22.7 Å². The summed E-state index contributed by atoms with van der Waals surface area (Å²) in [6, 6.07) is 0. The van der Waals surface area contributed by atoms with Crippen molar-refractivity contribution in [3.8, 4) is 0 Å². The summed E-state index contributed by atoms with van der Waals surface area (Å²) in [7, 11) is 0. The van der Waals surface area contributed by atoms with Gasteiger partial charge in [-0.3, -0.25) is 9.36 Å². The van der Waals surface area contributed by atoms with E-state index in [1.807, 2.05) is 6.92 Å². The Morgan fingerprint density at radius 3 is 3.07 bits per heavy atom. The molecule has 0 aliphatic rings. The summed E-state index contributed by atoms with van der Waals surface area (Å²) in [5.41, 5.74) is 0. The fourth-order valence-corrected chi connectivity index (χ4v) is 2.49. The molecule has 2 heterocycles. The highest BCUT2D eigenvalue weighted by Crippen LogP contribution is 2.15. The van der Waals surface area contributed by atoms with Crippen molar-refractivity contribution in [2.45, 2.75) is 13.5 Å². The third-order valence-electron chi connectivity index (χ3n) is 1.74. The van der Waals surface area contributed by atoms with Gasteiger partial charge < -0.3 is 5.32 Å². The average Bonchev–Trinajstić information content (AvgIpc) is 2.79. The molecule has 0 bridgehead atoms. The molecule has 0 radical (unpaired) electrons. The first-order chi connectivity index (χ1) is 7.29. The molecule has 0 amide bonds. The van der Waals surface area contributed by atoms with Crippen LogP contribution in [0.3, 0.4) is 0 Å². The van der Waals surface area contributed by atoms with Crippen LogP contribution < -0.4 is 10.2 Å². The van der Waals surface area contributed by atoms with Crippen LogP contribution in [0.25, 0.3) is 0 Å². The van der Waals surface area contributed by atoms with Crippen LogP contribution in [0.1, 0.15) is 11.9 Å². The van der Waals surface area contributed by atoms with Gasteiger partial charge in [-0.2, -0.15) is 0 Å². The molecule has 1 N–H and O–H groups in total. The van der Waals surface area contributed by atoms with Crippen molar-refractivity contribution in [1.82, 2.24) is 14.8 Å². The van der Waals surface area contributed by atoms with E-state index in [9.17, 15) is 4.79 Å². The number of nitrogens with one attached hydrogen (secondary N) is 1. The number of nitrogens with zero attached hydrogens (tertiary/aromatic N) is 3. The van der Waals surface area contributed by atoms with Gasteiger partial charge in [-0.05, 0) is 6.92 Å². The van der Waals surface area contributed by atoms with Gasteiger partial charge in [0, 0.05) is 18.1 Å². The lowest BCUT2D eigenvalue weighted by Crippen LogP contribution is -2.12. The number of hydrogen-bond donors (Lipinski definition) is 1. The van der Waals surface area contributed by atoms with Gasteiger partial charge in [-0.25, -0.2) is 0 Å². The van der Waals surface area contributed by atoms with E-state index in [-0.39, 0.29) is 4.87 Å². The topological polar surface area (TPSA) is 59.8 Å². The third kappa shape index (κ3) is 2.42. The zero-order chi connectivity index (χ0) is 10.7. The first-order valence-corrected chi connectivity index (χ1v) is 6.19. The SMILES string of the molecule is CCNc1nnc(Cn2ccsc2=O)s1. The van der Waals surface area contributed by atoms with E-state index in [0.29, 0.717) is 6.54 Å². The first-order valence-electron chi connectivity index (χ1n) is 4.49. The summed E-state index contributed by atoms with van der Waals surface area (Å²) >= 11 is 2.66. The number of hydrogen-bond acceptors (Lipinski definition) is 6. The van der Waals surface area contributed by atoms with E-state index >= 15 is 0 Å². The van der Waals surface area contributed by atoms with E-state index in [4.69, 9.17) is 0 Å². The molecule has 5 nitrogen and oxygen atoms in total. The minimum absolute atomic E-state index is 0.0372. The van der Waals surface area contributed by atoms with Gasteiger partial charge in [0.15, 0.2) is 0 Å². The highest BCUT2D eigenvalue weighted by atomic mass is 32.1. The van der Waals surface area contributed by atoms with E-state index < -0.39 is 0 Å². The zero-order valence-corrected chi connectivity index (χ0v) is 9.77. The van der Waals surface area contributed by atoms with Crippen LogP contribution in [-0.4, -0.2) is 21.3 Å². The lowest BCUT2D eigenvalue weighted by atomic mass is 10.6. The van der Waals surface area contributed by atoms with Crippen molar-refractivity contribution in [2.75, 3.05) is 11.9 Å². The van der Waals surface area contributed by atoms with E-state index in [1.165, 1.54) is 22.7 Å². The lowest BCUT2D eigenvalue weighted by Gasteiger charge is -1.94. The van der Waals surface area contributed by atoms with Crippen molar-refractivity contribution < 1.29 is 0 Å². The summed E-state index contributed by atoms with van der Waals surface area (Å²) in [4.78, 5) is 11.3. The minimum atomic E-state index is 0.0372. The fourth-order valence-electron chi connectivity index (χ4n) is 1.09. The normalized spacial score (nSPS) is 10.5. The first kappa shape index (κ1) is 10.3. The predicted octanol–water partition coefficient (Wildman–Crippen LogP) is 1.24. The van der Waals surface area contributed by atoms with Gasteiger partial charge in [0.25, 0.3) is 0 Å². The Bertz CT molecular complexity index is 487. The molecule has 2 aromatic rings. The van der Waals surface area contributed by atoms with E-state index in [2.05, 4.69) is 15.5 Å².